The molecule has 0 amide bonds. The Morgan fingerprint density at radius 3 is 1.13 bits per heavy atom. The molecule has 1 fully saturated rings. The second kappa shape index (κ2) is 10.4. The van der Waals surface area contributed by atoms with Crippen LogP contribution >= 0.6 is 0 Å². The summed E-state index contributed by atoms with van der Waals surface area (Å²) in [6.45, 7) is 19.6. The van der Waals surface area contributed by atoms with Crippen LogP contribution in [0.3, 0.4) is 0 Å². The predicted molar refractivity (Wildman–Crippen MR) is 176 cm³/mol. The number of rotatable bonds is 6. The highest BCUT2D eigenvalue weighted by Crippen LogP contribution is 2.63. The fourth-order valence-corrected chi connectivity index (χ4v) is 14.2. The van der Waals surface area contributed by atoms with Gasteiger partial charge in [0.2, 0.25) is 0 Å². The van der Waals surface area contributed by atoms with Crippen LogP contribution in [0.4, 0.5) is 0 Å². The second-order valence-electron chi connectivity index (χ2n) is 14.1. The van der Waals surface area contributed by atoms with Crippen LogP contribution in [0.1, 0.15) is 45.2 Å². The van der Waals surface area contributed by atoms with Crippen molar-refractivity contribution in [3.8, 4) is 0 Å². The van der Waals surface area contributed by atoms with Crippen molar-refractivity contribution in [3.63, 3.8) is 0 Å². The van der Waals surface area contributed by atoms with Crippen molar-refractivity contribution in [2.75, 3.05) is 0 Å². The molecule has 5 rings (SSSR count). The van der Waals surface area contributed by atoms with Crippen molar-refractivity contribution in [2.45, 2.75) is 75.3 Å². The molecule has 0 saturated carbocycles. The second-order valence-corrected chi connectivity index (χ2v) is 29.0. The summed E-state index contributed by atoms with van der Waals surface area (Å²) in [5.41, 5.74) is 6.63. The van der Waals surface area contributed by atoms with Gasteiger partial charge in [0.1, 0.15) is 16.1 Å². The molecule has 1 aliphatic rings. The van der Waals surface area contributed by atoms with E-state index >= 15 is 0 Å². The molecule has 4 unspecified atom stereocenters. The molecule has 1 aliphatic heterocycles. The van der Waals surface area contributed by atoms with E-state index in [4.69, 9.17) is 9.97 Å². The molecular weight excluding hydrogens is 521 g/mol. The van der Waals surface area contributed by atoms with Crippen LogP contribution in [0, 0.1) is 0 Å². The number of hydrogen-bond acceptors (Lipinski definition) is 2. The Bertz CT molecular complexity index is 1280. The molecule has 2 aromatic heterocycles. The van der Waals surface area contributed by atoms with Crippen LogP contribution in [0.25, 0.3) is 0 Å². The summed E-state index contributed by atoms with van der Waals surface area (Å²) < 4.78 is 0. The highest BCUT2D eigenvalue weighted by atomic mass is 28.3. The van der Waals surface area contributed by atoms with Crippen molar-refractivity contribution >= 4 is 34.9 Å². The van der Waals surface area contributed by atoms with Crippen molar-refractivity contribution in [1.29, 1.82) is 0 Å². The van der Waals surface area contributed by atoms with Crippen LogP contribution in [0.2, 0.25) is 52.4 Å². The van der Waals surface area contributed by atoms with Crippen LogP contribution in [0.15, 0.2) is 97.3 Å². The summed E-state index contributed by atoms with van der Waals surface area (Å²) in [5.74, 6) is 0.771. The summed E-state index contributed by atoms with van der Waals surface area (Å²) in [4.78, 5) is 10.2. The summed E-state index contributed by atoms with van der Waals surface area (Å²) in [7, 11) is -4.90. The lowest BCUT2D eigenvalue weighted by Gasteiger charge is -2.34. The van der Waals surface area contributed by atoms with E-state index in [-0.39, 0.29) is 0 Å². The summed E-state index contributed by atoms with van der Waals surface area (Å²) in [5, 5.41) is 2.59. The van der Waals surface area contributed by atoms with Gasteiger partial charge in [-0.25, -0.2) is 0 Å². The zero-order chi connectivity index (χ0) is 28.0. The van der Waals surface area contributed by atoms with E-state index in [0.717, 1.165) is 0 Å². The molecule has 5 heteroatoms. The standard InChI is InChI=1S/C34H44N2Si3/c1-37(2,3)29-21-19-27(23-35-29)33-31(25-15-11-9-12-16-25)32(26-17-13-10-14-18-26)34(39(33,7)8)28-20-22-30(36-24-28)38(4,5)6/h9-24,31-34H,1-8H3. The van der Waals surface area contributed by atoms with E-state index in [1.165, 1.54) is 32.9 Å². The third-order valence-electron chi connectivity index (χ3n) is 8.91. The quantitative estimate of drug-likeness (QED) is 0.223. The Labute approximate surface area is 239 Å². The van der Waals surface area contributed by atoms with Crippen LogP contribution in [0.5, 0.6) is 0 Å². The maximum atomic E-state index is 5.10. The summed E-state index contributed by atoms with van der Waals surface area (Å²) in [6, 6.07) is 32.1. The Kier molecular flexibility index (Phi) is 7.46. The normalized spacial score (nSPS) is 23.1. The minimum atomic E-state index is -1.96. The fraction of sp³-hybridized carbons (Fsp3) is 0.353. The lowest BCUT2D eigenvalue weighted by molar-refractivity contribution is 0.552. The van der Waals surface area contributed by atoms with Gasteiger partial charge in [0.15, 0.2) is 0 Å². The molecule has 1 saturated heterocycles. The van der Waals surface area contributed by atoms with E-state index in [1.54, 1.807) is 0 Å². The lowest BCUT2D eigenvalue weighted by Crippen LogP contribution is -2.42. The zero-order valence-electron chi connectivity index (χ0n) is 24.9. The van der Waals surface area contributed by atoms with Gasteiger partial charge in [0.25, 0.3) is 0 Å². The summed E-state index contributed by atoms with van der Waals surface area (Å²) >= 11 is 0. The van der Waals surface area contributed by atoms with Gasteiger partial charge in [-0.3, -0.25) is 9.97 Å². The Hall–Kier alpha value is -2.61. The van der Waals surface area contributed by atoms with Gasteiger partial charge in [-0.1, -0.05) is 125 Å². The van der Waals surface area contributed by atoms with Crippen molar-refractivity contribution in [1.82, 2.24) is 9.97 Å². The SMILES string of the molecule is C[Si](C)(C)c1ccc(C2C(c3ccccc3)C(c3ccccc3)C(c3ccc([Si](C)(C)C)nc3)[Si]2(C)C)cn1. The Balaban J connectivity index is 1.73. The van der Waals surface area contributed by atoms with Gasteiger partial charge < -0.3 is 0 Å². The molecule has 0 spiro atoms. The number of benzene rings is 2. The van der Waals surface area contributed by atoms with Gasteiger partial charge in [0.05, 0.1) is 8.07 Å². The maximum Gasteiger partial charge on any atom is 0.101 e. The molecule has 2 nitrogen and oxygen atoms in total. The number of pyridine rings is 2. The zero-order valence-corrected chi connectivity index (χ0v) is 27.9. The molecule has 4 atom stereocenters. The fourth-order valence-electron chi connectivity index (χ4n) is 7.02. The van der Waals surface area contributed by atoms with Crippen LogP contribution in [-0.4, -0.2) is 34.2 Å². The lowest BCUT2D eigenvalue weighted by atomic mass is 9.75. The largest absolute Gasteiger partial charge is 0.266 e. The highest BCUT2D eigenvalue weighted by molar-refractivity contribution is 6.88. The molecule has 0 aliphatic carbocycles. The van der Waals surface area contributed by atoms with E-state index in [1.807, 2.05) is 0 Å². The van der Waals surface area contributed by atoms with Gasteiger partial charge in [-0.05, 0) is 57.3 Å². The first-order valence-corrected chi connectivity index (χ1v) is 24.6. The predicted octanol–water partition coefficient (Wildman–Crippen LogP) is 7.80. The van der Waals surface area contributed by atoms with Crippen LogP contribution in [-0.2, 0) is 0 Å². The van der Waals surface area contributed by atoms with E-state index in [2.05, 4.69) is 150 Å². The first-order chi connectivity index (χ1) is 18.4. The first kappa shape index (κ1) is 27.9. The van der Waals surface area contributed by atoms with E-state index < -0.39 is 24.2 Å². The molecule has 0 bridgehead atoms. The first-order valence-electron chi connectivity index (χ1n) is 14.4. The van der Waals surface area contributed by atoms with E-state index in [9.17, 15) is 0 Å². The molecule has 39 heavy (non-hydrogen) atoms. The maximum absolute atomic E-state index is 5.10. The third-order valence-corrected chi connectivity index (χ3v) is 17.2. The van der Waals surface area contributed by atoms with Gasteiger partial charge in [0, 0.05) is 23.0 Å². The minimum Gasteiger partial charge on any atom is -0.266 e. The molecule has 2 aromatic carbocycles. The topological polar surface area (TPSA) is 25.8 Å². The van der Waals surface area contributed by atoms with E-state index in [0.29, 0.717) is 22.9 Å². The average molecular weight is 565 g/mol. The molecule has 0 N–H and O–H groups in total. The highest BCUT2D eigenvalue weighted by Gasteiger charge is 2.58. The molecule has 3 heterocycles. The average Bonchev–Trinajstić information content (AvgIpc) is 3.16. The monoisotopic (exact) mass is 564 g/mol. The molecule has 202 valence electrons. The van der Waals surface area contributed by atoms with Gasteiger partial charge in [-0.2, -0.15) is 0 Å². The van der Waals surface area contributed by atoms with Crippen molar-refractivity contribution in [2.24, 2.45) is 0 Å². The van der Waals surface area contributed by atoms with Gasteiger partial charge >= 0.3 is 0 Å². The van der Waals surface area contributed by atoms with Crippen LogP contribution < -0.4 is 10.6 Å². The minimum absolute atomic E-state index is 0.386. The number of nitrogens with zero attached hydrogens (tertiary/aromatic N) is 2. The Morgan fingerprint density at radius 1 is 0.487 bits per heavy atom. The van der Waals surface area contributed by atoms with Crippen molar-refractivity contribution < 1.29 is 0 Å². The smallest absolute Gasteiger partial charge is 0.101 e. The Morgan fingerprint density at radius 2 is 0.846 bits per heavy atom. The number of hydrogen-bond donors (Lipinski definition) is 0. The van der Waals surface area contributed by atoms with Crippen molar-refractivity contribution in [3.05, 3.63) is 120 Å². The molecular formula is C34H44N2Si3. The van der Waals surface area contributed by atoms with Gasteiger partial charge in [-0.15, -0.1) is 0 Å². The molecule has 4 aromatic rings. The third kappa shape index (κ3) is 5.41. The molecule has 0 radical (unpaired) electrons. The number of aromatic nitrogens is 2. The summed E-state index contributed by atoms with van der Waals surface area (Å²) in [6.07, 6.45) is 4.47.